The maximum Gasteiger partial charge on any atom is 0.251 e. The standard InChI is InChI=1S/C13H16F3NO2/c1-18-9-7-10(14)12(19-2)11(8-9)17-5-3-13(15,16)4-6-17/h7-8H,3-6H2,1-2H3. The van der Waals surface area contributed by atoms with Crippen LogP contribution in [0.25, 0.3) is 0 Å². The number of benzene rings is 1. The van der Waals surface area contributed by atoms with Gasteiger partial charge in [0.1, 0.15) is 5.75 Å². The Morgan fingerprint density at radius 1 is 1.11 bits per heavy atom. The molecular formula is C13H16F3NO2. The normalized spacial score (nSPS) is 18.3. The maximum absolute atomic E-state index is 13.8. The minimum atomic E-state index is -2.64. The van der Waals surface area contributed by atoms with E-state index in [9.17, 15) is 13.2 Å². The van der Waals surface area contributed by atoms with Gasteiger partial charge in [0.15, 0.2) is 11.6 Å². The Morgan fingerprint density at radius 3 is 2.26 bits per heavy atom. The topological polar surface area (TPSA) is 21.7 Å². The lowest BCUT2D eigenvalue weighted by molar-refractivity contribution is -0.0221. The second-order valence-corrected chi connectivity index (χ2v) is 4.50. The highest BCUT2D eigenvalue weighted by molar-refractivity contribution is 5.62. The molecule has 1 saturated heterocycles. The summed E-state index contributed by atoms with van der Waals surface area (Å²) in [6.07, 6.45) is -0.482. The van der Waals surface area contributed by atoms with Crippen molar-refractivity contribution in [3.8, 4) is 11.5 Å². The Hall–Kier alpha value is -1.59. The van der Waals surface area contributed by atoms with Crippen molar-refractivity contribution >= 4 is 5.69 Å². The van der Waals surface area contributed by atoms with Crippen LogP contribution in [0.15, 0.2) is 12.1 Å². The van der Waals surface area contributed by atoms with Gasteiger partial charge in [0.2, 0.25) is 0 Å². The molecular weight excluding hydrogens is 259 g/mol. The van der Waals surface area contributed by atoms with Crippen LogP contribution < -0.4 is 14.4 Å². The summed E-state index contributed by atoms with van der Waals surface area (Å²) in [5.41, 5.74) is 0.454. The average molecular weight is 275 g/mol. The summed E-state index contributed by atoms with van der Waals surface area (Å²) >= 11 is 0. The van der Waals surface area contributed by atoms with Crippen molar-refractivity contribution in [3.05, 3.63) is 17.9 Å². The van der Waals surface area contributed by atoms with E-state index in [1.807, 2.05) is 0 Å². The van der Waals surface area contributed by atoms with Gasteiger partial charge in [0.25, 0.3) is 5.92 Å². The van der Waals surface area contributed by atoms with E-state index in [0.717, 1.165) is 0 Å². The fourth-order valence-electron chi connectivity index (χ4n) is 2.18. The summed E-state index contributed by atoms with van der Waals surface area (Å²) < 4.78 is 50.1. The molecule has 106 valence electrons. The molecule has 1 aliphatic rings. The van der Waals surface area contributed by atoms with Crippen LogP contribution in [0.3, 0.4) is 0 Å². The Kier molecular flexibility index (Phi) is 3.78. The molecule has 0 bridgehead atoms. The number of rotatable bonds is 3. The molecule has 0 aliphatic carbocycles. The van der Waals surface area contributed by atoms with E-state index in [1.165, 1.54) is 20.3 Å². The second-order valence-electron chi connectivity index (χ2n) is 4.50. The minimum Gasteiger partial charge on any atom is -0.497 e. The molecule has 0 radical (unpaired) electrons. The lowest BCUT2D eigenvalue weighted by Gasteiger charge is -2.34. The van der Waals surface area contributed by atoms with Crippen LogP contribution in [0.2, 0.25) is 0 Å². The molecule has 0 saturated carbocycles. The van der Waals surface area contributed by atoms with Crippen LogP contribution in [0.4, 0.5) is 18.9 Å². The highest BCUT2D eigenvalue weighted by Gasteiger charge is 2.35. The van der Waals surface area contributed by atoms with Gasteiger partial charge in [-0.15, -0.1) is 0 Å². The quantitative estimate of drug-likeness (QED) is 0.846. The summed E-state index contributed by atoms with van der Waals surface area (Å²) in [6, 6.07) is 2.81. The number of hydrogen-bond donors (Lipinski definition) is 0. The van der Waals surface area contributed by atoms with Gasteiger partial charge in [-0.05, 0) is 0 Å². The van der Waals surface area contributed by atoms with Gasteiger partial charge in [0, 0.05) is 38.1 Å². The number of nitrogens with zero attached hydrogens (tertiary/aromatic N) is 1. The van der Waals surface area contributed by atoms with Crippen LogP contribution in [0.1, 0.15) is 12.8 Å². The molecule has 0 spiro atoms. The van der Waals surface area contributed by atoms with E-state index in [2.05, 4.69) is 0 Å². The third-order valence-electron chi connectivity index (χ3n) is 3.27. The lowest BCUT2D eigenvalue weighted by Crippen LogP contribution is -2.39. The molecule has 1 fully saturated rings. The van der Waals surface area contributed by atoms with E-state index in [-0.39, 0.29) is 31.7 Å². The lowest BCUT2D eigenvalue weighted by atomic mass is 10.1. The first-order valence-electron chi connectivity index (χ1n) is 6.01. The van der Waals surface area contributed by atoms with Crippen molar-refractivity contribution in [2.24, 2.45) is 0 Å². The summed E-state index contributed by atoms with van der Waals surface area (Å²) in [5, 5.41) is 0. The fourth-order valence-corrected chi connectivity index (χ4v) is 2.18. The highest BCUT2D eigenvalue weighted by Crippen LogP contribution is 2.38. The van der Waals surface area contributed by atoms with E-state index >= 15 is 0 Å². The molecule has 0 unspecified atom stereocenters. The van der Waals surface area contributed by atoms with Crippen molar-refractivity contribution in [3.63, 3.8) is 0 Å². The average Bonchev–Trinajstić information content (AvgIpc) is 2.37. The minimum absolute atomic E-state index is 0.0611. The Morgan fingerprint density at radius 2 is 1.74 bits per heavy atom. The Labute approximate surface area is 109 Å². The molecule has 0 amide bonds. The molecule has 1 aliphatic heterocycles. The van der Waals surface area contributed by atoms with E-state index in [4.69, 9.17) is 9.47 Å². The van der Waals surface area contributed by atoms with Gasteiger partial charge in [-0.3, -0.25) is 0 Å². The predicted molar refractivity (Wildman–Crippen MR) is 65.9 cm³/mol. The van der Waals surface area contributed by atoms with Crippen molar-refractivity contribution < 1.29 is 22.6 Å². The molecule has 6 heteroatoms. The molecule has 1 aromatic rings. The molecule has 0 N–H and O–H groups in total. The zero-order chi connectivity index (χ0) is 14.0. The second kappa shape index (κ2) is 5.19. The number of hydrogen-bond acceptors (Lipinski definition) is 3. The first kappa shape index (κ1) is 13.8. The van der Waals surface area contributed by atoms with Crippen molar-refractivity contribution in [2.75, 3.05) is 32.2 Å². The fraction of sp³-hybridized carbons (Fsp3) is 0.538. The number of ether oxygens (including phenoxy) is 2. The van der Waals surface area contributed by atoms with Crippen molar-refractivity contribution in [1.82, 2.24) is 0 Å². The van der Waals surface area contributed by atoms with Crippen LogP contribution in [0.5, 0.6) is 11.5 Å². The van der Waals surface area contributed by atoms with Gasteiger partial charge in [0.05, 0.1) is 19.9 Å². The first-order valence-corrected chi connectivity index (χ1v) is 6.01. The van der Waals surface area contributed by atoms with Gasteiger partial charge >= 0.3 is 0 Å². The largest absolute Gasteiger partial charge is 0.497 e. The van der Waals surface area contributed by atoms with Gasteiger partial charge in [-0.1, -0.05) is 0 Å². The number of anilines is 1. The van der Waals surface area contributed by atoms with Gasteiger partial charge in [-0.25, -0.2) is 13.2 Å². The Bertz CT molecular complexity index is 455. The summed E-state index contributed by atoms with van der Waals surface area (Å²) in [6.45, 7) is 0.325. The van der Waals surface area contributed by atoms with Crippen LogP contribution >= 0.6 is 0 Å². The number of halogens is 3. The summed E-state index contributed by atoms with van der Waals surface area (Å²) in [7, 11) is 2.78. The Balaban J connectivity index is 2.30. The molecule has 0 aromatic heterocycles. The third-order valence-corrected chi connectivity index (χ3v) is 3.27. The van der Waals surface area contributed by atoms with Crippen molar-refractivity contribution in [2.45, 2.75) is 18.8 Å². The molecule has 19 heavy (non-hydrogen) atoms. The monoisotopic (exact) mass is 275 g/mol. The van der Waals surface area contributed by atoms with Gasteiger partial charge < -0.3 is 14.4 Å². The highest BCUT2D eigenvalue weighted by atomic mass is 19.3. The van der Waals surface area contributed by atoms with E-state index < -0.39 is 11.7 Å². The maximum atomic E-state index is 13.8. The number of methoxy groups -OCH3 is 2. The third kappa shape index (κ3) is 2.88. The van der Waals surface area contributed by atoms with Crippen LogP contribution in [-0.4, -0.2) is 33.2 Å². The van der Waals surface area contributed by atoms with Gasteiger partial charge in [-0.2, -0.15) is 0 Å². The zero-order valence-electron chi connectivity index (χ0n) is 10.9. The zero-order valence-corrected chi connectivity index (χ0v) is 10.9. The molecule has 0 atom stereocenters. The number of alkyl halides is 2. The first-order chi connectivity index (χ1) is 8.96. The molecule has 1 heterocycles. The summed E-state index contributed by atoms with van der Waals surface area (Å²) in [5.74, 6) is -2.80. The van der Waals surface area contributed by atoms with Crippen LogP contribution in [-0.2, 0) is 0 Å². The number of piperidine rings is 1. The molecule has 1 aromatic carbocycles. The predicted octanol–water partition coefficient (Wildman–Crippen LogP) is 3.08. The van der Waals surface area contributed by atoms with E-state index in [0.29, 0.717) is 11.4 Å². The molecule has 3 nitrogen and oxygen atoms in total. The SMILES string of the molecule is COc1cc(F)c(OC)c(N2CCC(F)(F)CC2)c1. The summed E-state index contributed by atoms with van der Waals surface area (Å²) in [4.78, 5) is 1.70. The molecule has 2 rings (SSSR count). The van der Waals surface area contributed by atoms with Crippen LogP contribution in [0, 0.1) is 5.82 Å². The van der Waals surface area contributed by atoms with Crippen molar-refractivity contribution in [1.29, 1.82) is 0 Å². The smallest absolute Gasteiger partial charge is 0.251 e. The van der Waals surface area contributed by atoms with E-state index in [1.54, 1.807) is 11.0 Å².